The van der Waals surface area contributed by atoms with Crippen molar-refractivity contribution >= 4 is 33.2 Å². The number of rotatable bonds is 6. The lowest BCUT2D eigenvalue weighted by Gasteiger charge is -2.04. The van der Waals surface area contributed by atoms with Crippen LogP contribution in [0.25, 0.3) is 0 Å². The Morgan fingerprint density at radius 2 is 2.29 bits per heavy atom. The number of hydrogen-bond donors (Lipinski definition) is 2. The van der Waals surface area contributed by atoms with Crippen molar-refractivity contribution in [1.29, 1.82) is 0 Å². The van der Waals surface area contributed by atoms with Gasteiger partial charge in [-0.2, -0.15) is 0 Å². The van der Waals surface area contributed by atoms with Crippen LogP contribution in [0, 0.1) is 6.92 Å². The van der Waals surface area contributed by atoms with E-state index in [1.165, 1.54) is 24.2 Å². The molecule has 0 spiro atoms. The molecule has 1 aliphatic rings. The lowest BCUT2D eigenvalue weighted by atomic mass is 10.3. The van der Waals surface area contributed by atoms with Crippen molar-refractivity contribution in [2.45, 2.75) is 32.2 Å². The van der Waals surface area contributed by atoms with Crippen LogP contribution in [0.2, 0.25) is 0 Å². The second-order valence-corrected chi connectivity index (χ2v) is 6.78. The molecule has 17 heavy (non-hydrogen) atoms. The van der Waals surface area contributed by atoms with Crippen LogP contribution in [0.4, 0.5) is 0 Å². The minimum atomic E-state index is 0.0372. The second-order valence-electron chi connectivity index (χ2n) is 4.41. The fourth-order valence-electron chi connectivity index (χ4n) is 1.54. The number of carbonyl (C=O) groups excluding carboxylic acids is 1. The molecule has 0 aliphatic heterocycles. The fourth-order valence-corrected chi connectivity index (χ4v) is 2.99. The zero-order chi connectivity index (χ0) is 12.3. The molecule has 0 atom stereocenters. The third-order valence-electron chi connectivity index (χ3n) is 2.73. The van der Waals surface area contributed by atoms with Crippen molar-refractivity contribution in [3.05, 3.63) is 20.3 Å². The summed E-state index contributed by atoms with van der Waals surface area (Å²) in [6.45, 7) is 3.74. The van der Waals surface area contributed by atoms with Crippen molar-refractivity contribution in [2.24, 2.45) is 0 Å². The van der Waals surface area contributed by atoms with Crippen molar-refractivity contribution in [1.82, 2.24) is 10.6 Å². The van der Waals surface area contributed by atoms with Gasteiger partial charge in [0.2, 0.25) is 0 Å². The molecule has 0 saturated heterocycles. The summed E-state index contributed by atoms with van der Waals surface area (Å²) in [7, 11) is 0. The lowest BCUT2D eigenvalue weighted by molar-refractivity contribution is 0.0957. The number of amides is 1. The summed E-state index contributed by atoms with van der Waals surface area (Å²) in [5, 5.41) is 6.37. The first-order chi connectivity index (χ1) is 8.16. The Bertz CT molecular complexity index is 382. The van der Waals surface area contributed by atoms with E-state index in [0.717, 1.165) is 39.8 Å². The summed E-state index contributed by atoms with van der Waals surface area (Å²) < 4.78 is 1.04. The van der Waals surface area contributed by atoms with E-state index in [1.807, 2.05) is 13.0 Å². The second kappa shape index (κ2) is 5.98. The van der Waals surface area contributed by atoms with Crippen LogP contribution < -0.4 is 10.6 Å². The van der Waals surface area contributed by atoms with E-state index >= 15 is 0 Å². The van der Waals surface area contributed by atoms with Gasteiger partial charge < -0.3 is 10.6 Å². The summed E-state index contributed by atoms with van der Waals surface area (Å²) >= 11 is 4.92. The van der Waals surface area contributed by atoms with Crippen molar-refractivity contribution < 1.29 is 4.79 Å². The average Bonchev–Trinajstić information content (AvgIpc) is 3.05. The summed E-state index contributed by atoms with van der Waals surface area (Å²) in [4.78, 5) is 12.6. The summed E-state index contributed by atoms with van der Waals surface area (Å²) in [5.41, 5.74) is 1.12. The highest BCUT2D eigenvalue weighted by molar-refractivity contribution is 9.11. The Kier molecular flexibility index (Phi) is 4.59. The van der Waals surface area contributed by atoms with Crippen LogP contribution in [-0.4, -0.2) is 25.0 Å². The van der Waals surface area contributed by atoms with Crippen molar-refractivity contribution in [3.63, 3.8) is 0 Å². The largest absolute Gasteiger partial charge is 0.351 e. The van der Waals surface area contributed by atoms with E-state index in [-0.39, 0.29) is 5.91 Å². The van der Waals surface area contributed by atoms with E-state index in [1.54, 1.807) is 0 Å². The summed E-state index contributed by atoms with van der Waals surface area (Å²) in [6, 6.07) is 2.67. The molecule has 3 nitrogen and oxygen atoms in total. The average molecular weight is 317 g/mol. The molecule has 1 amide bonds. The predicted molar refractivity (Wildman–Crippen MR) is 74.7 cm³/mol. The quantitative estimate of drug-likeness (QED) is 0.792. The van der Waals surface area contributed by atoms with Gasteiger partial charge in [0.05, 0.1) is 8.66 Å². The normalized spacial score (nSPS) is 14.9. The number of thiophene rings is 1. The van der Waals surface area contributed by atoms with Gasteiger partial charge in [-0.3, -0.25) is 4.79 Å². The topological polar surface area (TPSA) is 41.1 Å². The smallest absolute Gasteiger partial charge is 0.261 e. The number of hydrogen-bond acceptors (Lipinski definition) is 3. The van der Waals surface area contributed by atoms with Crippen LogP contribution in [0.5, 0.6) is 0 Å². The molecular formula is C12H17BrN2OS. The predicted octanol–water partition coefficient (Wildman–Crippen LogP) is 2.69. The maximum absolute atomic E-state index is 11.8. The number of halogens is 1. The Labute approximate surface area is 114 Å². The van der Waals surface area contributed by atoms with E-state index in [2.05, 4.69) is 26.6 Å². The van der Waals surface area contributed by atoms with Crippen LogP contribution >= 0.6 is 27.3 Å². The third-order valence-corrected chi connectivity index (χ3v) is 4.87. The standard InChI is InChI=1S/C12H17BrN2OS/c1-8-7-10(17-11(8)13)12(16)15-6-2-5-14-9-3-4-9/h7,9,14H,2-6H2,1H3,(H,15,16). The highest BCUT2D eigenvalue weighted by Gasteiger charge is 2.19. The molecule has 1 fully saturated rings. The Balaban J connectivity index is 1.65. The van der Waals surface area contributed by atoms with Crippen molar-refractivity contribution in [2.75, 3.05) is 13.1 Å². The molecular weight excluding hydrogens is 300 g/mol. The van der Waals surface area contributed by atoms with Gasteiger partial charge in [-0.15, -0.1) is 11.3 Å². The van der Waals surface area contributed by atoms with Crippen LogP contribution in [-0.2, 0) is 0 Å². The lowest BCUT2D eigenvalue weighted by Crippen LogP contribution is -2.27. The minimum Gasteiger partial charge on any atom is -0.351 e. The minimum absolute atomic E-state index is 0.0372. The molecule has 5 heteroatoms. The molecule has 1 heterocycles. The molecule has 0 aromatic carbocycles. The molecule has 1 aliphatic carbocycles. The highest BCUT2D eigenvalue weighted by atomic mass is 79.9. The van der Waals surface area contributed by atoms with E-state index in [0.29, 0.717) is 0 Å². The molecule has 1 saturated carbocycles. The maximum Gasteiger partial charge on any atom is 0.261 e. The van der Waals surface area contributed by atoms with Gasteiger partial charge in [-0.1, -0.05) is 0 Å². The Hall–Kier alpha value is -0.390. The third kappa shape index (κ3) is 4.08. The highest BCUT2D eigenvalue weighted by Crippen LogP contribution is 2.27. The number of nitrogens with one attached hydrogen (secondary N) is 2. The fraction of sp³-hybridized carbons (Fsp3) is 0.583. The molecule has 94 valence electrons. The summed E-state index contributed by atoms with van der Waals surface area (Å²) in [5.74, 6) is 0.0372. The van der Waals surface area contributed by atoms with E-state index in [9.17, 15) is 4.79 Å². The van der Waals surface area contributed by atoms with Gasteiger partial charge in [0.1, 0.15) is 0 Å². The van der Waals surface area contributed by atoms with E-state index < -0.39 is 0 Å². The van der Waals surface area contributed by atoms with Crippen LogP contribution in [0.3, 0.4) is 0 Å². The zero-order valence-electron chi connectivity index (χ0n) is 9.88. The van der Waals surface area contributed by atoms with Crippen molar-refractivity contribution in [3.8, 4) is 0 Å². The molecule has 2 rings (SSSR count). The van der Waals surface area contributed by atoms with Gasteiger partial charge in [0, 0.05) is 12.6 Å². The first kappa shape index (κ1) is 13.1. The van der Waals surface area contributed by atoms with Gasteiger partial charge in [-0.25, -0.2) is 0 Å². The Morgan fingerprint density at radius 3 is 2.88 bits per heavy atom. The first-order valence-electron chi connectivity index (χ1n) is 5.94. The van der Waals surface area contributed by atoms with Gasteiger partial charge >= 0.3 is 0 Å². The van der Waals surface area contributed by atoms with E-state index in [4.69, 9.17) is 0 Å². The first-order valence-corrected chi connectivity index (χ1v) is 7.55. The molecule has 1 aromatic rings. The molecule has 0 bridgehead atoms. The molecule has 0 unspecified atom stereocenters. The zero-order valence-corrected chi connectivity index (χ0v) is 12.3. The van der Waals surface area contributed by atoms with Gasteiger partial charge in [0.15, 0.2) is 0 Å². The summed E-state index contributed by atoms with van der Waals surface area (Å²) in [6.07, 6.45) is 3.62. The number of aryl methyl sites for hydroxylation is 1. The van der Waals surface area contributed by atoms with Crippen LogP contribution in [0.1, 0.15) is 34.5 Å². The SMILES string of the molecule is Cc1cc(C(=O)NCCCNC2CC2)sc1Br. The monoisotopic (exact) mass is 316 g/mol. The number of carbonyl (C=O) groups is 1. The maximum atomic E-state index is 11.8. The molecule has 0 radical (unpaired) electrons. The molecule has 1 aromatic heterocycles. The van der Waals surface area contributed by atoms with Crippen LogP contribution in [0.15, 0.2) is 9.85 Å². The Morgan fingerprint density at radius 1 is 1.53 bits per heavy atom. The molecule has 2 N–H and O–H groups in total. The van der Waals surface area contributed by atoms with Gasteiger partial charge in [0.25, 0.3) is 5.91 Å². The van der Waals surface area contributed by atoms with Gasteiger partial charge in [-0.05, 0) is 60.3 Å².